The van der Waals surface area contributed by atoms with Crippen molar-refractivity contribution in [2.75, 3.05) is 0 Å². The number of phenols is 2. The van der Waals surface area contributed by atoms with Crippen molar-refractivity contribution >= 4 is 0 Å². The first-order chi connectivity index (χ1) is 14.3. The van der Waals surface area contributed by atoms with Gasteiger partial charge in [-0.3, -0.25) is 0 Å². The zero-order chi connectivity index (χ0) is 24.8. The third-order valence-corrected chi connectivity index (χ3v) is 6.36. The summed E-state index contributed by atoms with van der Waals surface area (Å²) < 4.78 is 0. The molecule has 0 fully saturated rings. The van der Waals surface area contributed by atoms with Gasteiger partial charge >= 0.3 is 0 Å². The minimum absolute atomic E-state index is 0.101. The molecule has 0 aliphatic heterocycles. The lowest BCUT2D eigenvalue weighted by atomic mass is 9.71. The molecule has 2 rings (SSSR count). The van der Waals surface area contributed by atoms with Crippen LogP contribution in [0.25, 0.3) is 0 Å². The van der Waals surface area contributed by atoms with Gasteiger partial charge in [-0.15, -0.1) is 0 Å². The summed E-state index contributed by atoms with van der Waals surface area (Å²) in [6, 6.07) is 8.43. The minimum Gasteiger partial charge on any atom is -0.507 e. The van der Waals surface area contributed by atoms with Crippen LogP contribution in [-0.2, 0) is 10.8 Å². The van der Waals surface area contributed by atoms with Gasteiger partial charge in [0.05, 0.1) is 0 Å². The van der Waals surface area contributed by atoms with Gasteiger partial charge in [0.1, 0.15) is 11.5 Å². The largest absolute Gasteiger partial charge is 0.507 e. The van der Waals surface area contributed by atoms with E-state index in [4.69, 9.17) is 0 Å². The van der Waals surface area contributed by atoms with Gasteiger partial charge < -0.3 is 10.2 Å². The molecule has 0 aromatic heterocycles. The van der Waals surface area contributed by atoms with Gasteiger partial charge in [-0.1, -0.05) is 105 Å². The molecule has 0 aliphatic carbocycles. The van der Waals surface area contributed by atoms with Crippen LogP contribution < -0.4 is 0 Å². The molecule has 0 bridgehead atoms. The number of benzene rings is 2. The van der Waals surface area contributed by atoms with Crippen molar-refractivity contribution in [3.8, 4) is 11.5 Å². The molecule has 2 aromatic carbocycles. The molecule has 2 aromatic rings. The lowest BCUT2D eigenvalue weighted by Gasteiger charge is -2.34. The number of hydrogen-bond acceptors (Lipinski definition) is 2. The van der Waals surface area contributed by atoms with Crippen molar-refractivity contribution in [3.63, 3.8) is 0 Å². The van der Waals surface area contributed by atoms with E-state index >= 15 is 0 Å². The fourth-order valence-electron chi connectivity index (χ4n) is 5.10. The van der Waals surface area contributed by atoms with E-state index < -0.39 is 0 Å². The summed E-state index contributed by atoms with van der Waals surface area (Å²) in [5.74, 6) is 0.867. The highest BCUT2D eigenvalue weighted by Crippen LogP contribution is 2.49. The van der Waals surface area contributed by atoms with Crippen LogP contribution >= 0.6 is 0 Å². The summed E-state index contributed by atoms with van der Waals surface area (Å²) in [7, 11) is 0. The number of aromatic hydroxyl groups is 2. The van der Waals surface area contributed by atoms with Gasteiger partial charge in [-0.25, -0.2) is 0 Å². The number of rotatable bonds is 4. The van der Waals surface area contributed by atoms with Crippen LogP contribution in [0.4, 0.5) is 0 Å². The Hall–Kier alpha value is -1.96. The van der Waals surface area contributed by atoms with E-state index in [2.05, 4.69) is 107 Å². The Morgan fingerprint density at radius 2 is 1.00 bits per heavy atom. The normalized spacial score (nSPS) is 14.2. The summed E-state index contributed by atoms with van der Waals surface area (Å²) >= 11 is 0. The highest BCUT2D eigenvalue weighted by molar-refractivity contribution is 5.56. The molecule has 0 amide bonds. The Bertz CT molecular complexity index is 893. The third-order valence-electron chi connectivity index (χ3n) is 6.36. The van der Waals surface area contributed by atoms with Crippen molar-refractivity contribution in [1.29, 1.82) is 0 Å². The predicted molar refractivity (Wildman–Crippen MR) is 138 cm³/mol. The van der Waals surface area contributed by atoms with Crippen LogP contribution in [0.15, 0.2) is 24.3 Å². The summed E-state index contributed by atoms with van der Waals surface area (Å²) in [6.45, 7) is 26.1. The predicted octanol–water partition coefficient (Wildman–Crippen LogP) is 8.51. The first-order valence-corrected chi connectivity index (χ1v) is 12.0. The Morgan fingerprint density at radius 3 is 1.28 bits per heavy atom. The number of aryl methyl sites for hydroxylation is 2. The van der Waals surface area contributed by atoms with Crippen LogP contribution in [0.5, 0.6) is 11.5 Å². The Morgan fingerprint density at radius 1 is 0.656 bits per heavy atom. The highest BCUT2D eigenvalue weighted by atomic mass is 16.3. The average molecular weight is 439 g/mol. The second-order valence-corrected chi connectivity index (χ2v) is 13.2. The fourth-order valence-corrected chi connectivity index (χ4v) is 5.10. The summed E-state index contributed by atoms with van der Waals surface area (Å²) in [5.41, 5.74) is 5.84. The lowest BCUT2D eigenvalue weighted by Crippen LogP contribution is -2.21. The standard InChI is InChI=1S/C30H46O2/c1-18-13-21(26(31)23(15-18)29(7,8)9)25(20(3)17-28(4,5)6)22-14-19(2)16-24(27(22)32)30(10,11)12/h13-16,20,25,31-32H,17H2,1-12H3. The van der Waals surface area contributed by atoms with Crippen LogP contribution in [0, 0.1) is 25.2 Å². The third kappa shape index (κ3) is 5.88. The van der Waals surface area contributed by atoms with Gasteiger partial charge in [0.2, 0.25) is 0 Å². The van der Waals surface area contributed by atoms with Gasteiger partial charge in [0, 0.05) is 17.0 Å². The van der Waals surface area contributed by atoms with Crippen LogP contribution in [0.2, 0.25) is 0 Å². The number of phenolic OH excluding ortho intramolecular Hbond substituents is 2. The molecule has 1 atom stereocenters. The number of hydrogen-bond donors (Lipinski definition) is 2. The van der Waals surface area contributed by atoms with E-state index in [1.165, 1.54) is 0 Å². The molecule has 0 heterocycles. The van der Waals surface area contributed by atoms with Gasteiger partial charge in [0.15, 0.2) is 0 Å². The molecule has 1 unspecified atom stereocenters. The molecule has 32 heavy (non-hydrogen) atoms. The SMILES string of the molecule is Cc1cc(C(c2cc(C)cc(C(C)(C)C)c2O)C(C)CC(C)(C)C)c(O)c(C(C)(C)C)c1. The molecular formula is C30H46O2. The van der Waals surface area contributed by atoms with Crippen molar-refractivity contribution in [2.24, 2.45) is 11.3 Å². The summed E-state index contributed by atoms with van der Waals surface area (Å²) in [6.07, 6.45) is 0.980. The first-order valence-electron chi connectivity index (χ1n) is 12.0. The van der Waals surface area contributed by atoms with E-state index in [0.29, 0.717) is 11.5 Å². The molecule has 2 nitrogen and oxygen atoms in total. The summed E-state index contributed by atoms with van der Waals surface area (Å²) in [5, 5.41) is 23.1. The smallest absolute Gasteiger partial charge is 0.123 e. The lowest BCUT2D eigenvalue weighted by molar-refractivity contribution is 0.284. The van der Waals surface area contributed by atoms with E-state index in [1.807, 2.05) is 0 Å². The first kappa shape index (κ1) is 26.3. The van der Waals surface area contributed by atoms with Crippen LogP contribution in [0.3, 0.4) is 0 Å². The Kier molecular flexibility index (Phi) is 7.20. The van der Waals surface area contributed by atoms with Crippen LogP contribution in [0.1, 0.15) is 115 Å². The fraction of sp³-hybridized carbons (Fsp3) is 0.600. The second-order valence-electron chi connectivity index (χ2n) is 13.2. The van der Waals surface area contributed by atoms with Gasteiger partial charge in [-0.05, 0) is 53.6 Å². The Labute approximate surface area is 197 Å². The monoisotopic (exact) mass is 438 g/mol. The average Bonchev–Trinajstić information content (AvgIpc) is 2.57. The molecule has 2 heteroatoms. The van der Waals surface area contributed by atoms with Crippen LogP contribution in [-0.4, -0.2) is 10.2 Å². The van der Waals surface area contributed by atoms with Gasteiger partial charge in [-0.2, -0.15) is 0 Å². The molecule has 0 aliphatic rings. The Balaban J connectivity index is 2.90. The molecule has 2 N–H and O–H groups in total. The zero-order valence-electron chi connectivity index (χ0n) is 22.6. The topological polar surface area (TPSA) is 40.5 Å². The molecule has 0 radical (unpaired) electrons. The molecule has 178 valence electrons. The maximum atomic E-state index is 11.5. The molecule has 0 saturated carbocycles. The maximum Gasteiger partial charge on any atom is 0.123 e. The summed E-state index contributed by atoms with van der Waals surface area (Å²) in [4.78, 5) is 0. The zero-order valence-corrected chi connectivity index (χ0v) is 22.6. The van der Waals surface area contributed by atoms with E-state index in [1.54, 1.807) is 0 Å². The molecule has 0 spiro atoms. The van der Waals surface area contributed by atoms with Crippen molar-refractivity contribution in [3.05, 3.63) is 57.6 Å². The molecular weight excluding hydrogens is 392 g/mol. The van der Waals surface area contributed by atoms with Crippen molar-refractivity contribution in [2.45, 2.75) is 106 Å². The second kappa shape index (κ2) is 8.76. The molecule has 0 saturated heterocycles. The van der Waals surface area contributed by atoms with Crippen molar-refractivity contribution < 1.29 is 10.2 Å². The minimum atomic E-state index is -0.173. The van der Waals surface area contributed by atoms with E-state index in [0.717, 1.165) is 39.8 Å². The highest BCUT2D eigenvalue weighted by Gasteiger charge is 2.34. The van der Waals surface area contributed by atoms with Gasteiger partial charge in [0.25, 0.3) is 0 Å². The van der Waals surface area contributed by atoms with E-state index in [9.17, 15) is 10.2 Å². The quantitative estimate of drug-likeness (QED) is 0.502. The maximum absolute atomic E-state index is 11.5. The van der Waals surface area contributed by atoms with E-state index in [-0.39, 0.29) is 28.1 Å². The van der Waals surface area contributed by atoms with Crippen molar-refractivity contribution in [1.82, 2.24) is 0 Å².